The smallest absolute Gasteiger partial charge is 0.165 e. The molecule has 0 spiro atoms. The van der Waals surface area contributed by atoms with Crippen molar-refractivity contribution < 1.29 is 36.5 Å². The number of halogens is 4. The van der Waals surface area contributed by atoms with Crippen LogP contribution in [0.3, 0.4) is 0 Å². The molecule has 0 bridgehead atoms. The minimum Gasteiger partial charge on any atom is -0.489 e. The summed E-state index contributed by atoms with van der Waals surface area (Å²) in [6, 6.07) is 27.6. The lowest BCUT2D eigenvalue weighted by atomic mass is 10.0. The molecule has 2 aliphatic rings. The van der Waals surface area contributed by atoms with Crippen molar-refractivity contribution in [1.82, 2.24) is 24.6 Å². The summed E-state index contributed by atoms with van der Waals surface area (Å²) in [6.45, 7) is 44.1. The van der Waals surface area contributed by atoms with E-state index in [9.17, 15) is 17.6 Å². The summed E-state index contributed by atoms with van der Waals surface area (Å²) in [6.07, 6.45) is 6.60. The molecule has 1 aromatic heterocycles. The fourth-order valence-electron chi connectivity index (χ4n) is 9.77. The van der Waals surface area contributed by atoms with Gasteiger partial charge in [-0.05, 0) is 193 Å². The first kappa shape index (κ1) is 76.8. The minimum absolute atomic E-state index is 0.123. The molecule has 88 heavy (non-hydrogen) atoms. The number of benzene rings is 4. The molecular weight excluding hydrogens is 1110 g/mol. The van der Waals surface area contributed by atoms with Crippen LogP contribution in [0.15, 0.2) is 91.1 Å². The molecule has 11 nitrogen and oxygen atoms in total. The first-order chi connectivity index (χ1) is 41.8. The Kier molecular flexibility index (Phi) is 35.8. The summed E-state index contributed by atoms with van der Waals surface area (Å²) in [5.74, 6) is 2.96. The van der Waals surface area contributed by atoms with Crippen LogP contribution in [0, 0.1) is 23.3 Å². The second-order valence-corrected chi connectivity index (χ2v) is 25.5. The molecule has 0 atom stereocenters. The van der Waals surface area contributed by atoms with Gasteiger partial charge in [0.25, 0.3) is 0 Å². The van der Waals surface area contributed by atoms with E-state index in [1.807, 2.05) is 83.2 Å². The van der Waals surface area contributed by atoms with E-state index in [2.05, 4.69) is 126 Å². The number of likely N-dealkylation sites (N-methyl/N-ethyl adjacent to an activating group) is 2. The molecule has 2 aliphatic heterocycles. The molecule has 494 valence electrons. The molecule has 4 aromatic carbocycles. The molecule has 2 N–H and O–H groups in total. The monoisotopic (exact) mass is 1230 g/mol. The van der Waals surface area contributed by atoms with Crippen LogP contribution in [-0.2, 0) is 4.74 Å². The van der Waals surface area contributed by atoms with Gasteiger partial charge in [-0.1, -0.05) is 113 Å². The number of ether oxygens (including phenoxy) is 4. The summed E-state index contributed by atoms with van der Waals surface area (Å²) >= 11 is 0. The van der Waals surface area contributed by atoms with Gasteiger partial charge in [0, 0.05) is 76.7 Å². The van der Waals surface area contributed by atoms with Crippen LogP contribution in [0.1, 0.15) is 194 Å². The van der Waals surface area contributed by atoms with Crippen molar-refractivity contribution in [2.24, 2.45) is 0 Å². The lowest BCUT2D eigenvalue weighted by Gasteiger charge is -2.35. The Balaban J connectivity index is 0.000000289. The van der Waals surface area contributed by atoms with Gasteiger partial charge in [-0.2, -0.15) is 0 Å². The average molecular weight is 1230 g/mol. The lowest BCUT2D eigenvalue weighted by molar-refractivity contribution is 0.144. The zero-order chi connectivity index (χ0) is 65.5. The van der Waals surface area contributed by atoms with Gasteiger partial charge in [0.1, 0.15) is 31.5 Å². The number of aromatic nitrogens is 1. The van der Waals surface area contributed by atoms with Crippen LogP contribution in [0.5, 0.6) is 17.2 Å². The summed E-state index contributed by atoms with van der Waals surface area (Å²) in [4.78, 5) is 13.8. The topological polar surface area (TPSA) is 86.8 Å². The molecule has 0 amide bonds. The van der Waals surface area contributed by atoms with Crippen LogP contribution in [-0.4, -0.2) is 149 Å². The van der Waals surface area contributed by atoms with Crippen LogP contribution in [0.25, 0.3) is 0 Å². The van der Waals surface area contributed by atoms with Crippen LogP contribution in [0.2, 0.25) is 0 Å². The molecule has 7 rings (SSSR count). The van der Waals surface area contributed by atoms with Gasteiger partial charge in [0.05, 0.1) is 12.3 Å². The third-order valence-corrected chi connectivity index (χ3v) is 16.1. The number of hydrogen-bond acceptors (Lipinski definition) is 11. The third kappa shape index (κ3) is 28.6. The van der Waals surface area contributed by atoms with Crippen LogP contribution >= 0.6 is 0 Å². The number of likely N-dealkylation sites (tertiary alicyclic amines) is 2. The van der Waals surface area contributed by atoms with E-state index >= 15 is 0 Å². The number of nitrogens with one attached hydrogen (secondary N) is 2. The first-order valence-electron chi connectivity index (χ1n) is 32.7. The Hall–Kier alpha value is -5.45. The van der Waals surface area contributed by atoms with Gasteiger partial charge in [0.15, 0.2) is 34.7 Å². The lowest BCUT2D eigenvalue weighted by Crippen LogP contribution is -2.42. The predicted octanol–water partition coefficient (Wildman–Crippen LogP) is 17.3. The molecule has 3 heterocycles. The van der Waals surface area contributed by atoms with Crippen LogP contribution in [0.4, 0.5) is 29.1 Å². The van der Waals surface area contributed by atoms with Gasteiger partial charge >= 0.3 is 0 Å². The normalized spacial score (nSPS) is 14.2. The quantitative estimate of drug-likeness (QED) is 0.0433. The van der Waals surface area contributed by atoms with Crippen molar-refractivity contribution in [3.63, 3.8) is 0 Å². The summed E-state index contributed by atoms with van der Waals surface area (Å²) < 4.78 is 75.8. The zero-order valence-corrected chi connectivity index (χ0v) is 57.6. The Bertz CT molecular complexity index is 2670. The Labute approximate surface area is 530 Å². The van der Waals surface area contributed by atoms with E-state index in [4.69, 9.17) is 18.9 Å². The van der Waals surface area contributed by atoms with E-state index in [1.54, 1.807) is 43.5 Å². The van der Waals surface area contributed by atoms with Crippen molar-refractivity contribution in [2.45, 2.75) is 190 Å². The second-order valence-electron chi connectivity index (χ2n) is 25.5. The predicted molar refractivity (Wildman–Crippen MR) is 362 cm³/mol. The largest absolute Gasteiger partial charge is 0.489 e. The number of pyridine rings is 1. The molecule has 0 aliphatic carbocycles. The highest BCUT2D eigenvalue weighted by atomic mass is 19.1. The number of piperidine rings is 2. The summed E-state index contributed by atoms with van der Waals surface area (Å²) in [7, 11) is 5.50. The molecule has 2 fully saturated rings. The van der Waals surface area contributed by atoms with Gasteiger partial charge in [-0.15, -0.1) is 0 Å². The minimum atomic E-state index is -0.308. The standard InChI is InChI=1S/C17H27FN2.C16H27N3.C15H24FNO.C13H20FNO.C12H17FO2/c1-12(2)14-5-6-17(16(18)11-14)19-15-7-9-20(10-8-15)13(3)4;1-12(2)14-5-6-16(17-11-14)18-15-7-9-19(10-8-15)13(3)4;1-5-17(6-2)9-10-18-15-8-7-13(12(3)4)11-14(15)16;1-10(2)11-5-6-13(12(14)9-11)16-8-7-15(3)4;1-9(2)10-4-5-12(11(13)8-10)15-7-6-14-3/h5-6,11-13,15,19H,7-10H2,1-4H3;5-6,11-13,15H,7-10H2,1-4H3,(H,17,18);7-8,11-12H,5-6,9-10H2,1-4H3;5-6,9-10H,7-8H2,1-4H3;4-5,8-9H,6-7H2,1-3H3. The molecule has 15 heteroatoms. The Morgan fingerprint density at radius 1 is 0.466 bits per heavy atom. The highest BCUT2D eigenvalue weighted by molar-refractivity contribution is 5.48. The van der Waals surface area contributed by atoms with E-state index in [0.29, 0.717) is 97.4 Å². The molecule has 0 unspecified atom stereocenters. The molecule has 5 aromatic rings. The Morgan fingerprint density at radius 2 is 0.830 bits per heavy atom. The van der Waals surface area contributed by atoms with Crippen LogP contribution < -0.4 is 24.8 Å². The first-order valence-corrected chi connectivity index (χ1v) is 32.7. The third-order valence-electron chi connectivity index (χ3n) is 16.1. The molecule has 0 saturated carbocycles. The van der Waals surface area contributed by atoms with Crippen molar-refractivity contribution in [2.75, 3.05) is 111 Å². The summed E-state index contributed by atoms with van der Waals surface area (Å²) in [5.41, 5.74) is 5.99. The highest BCUT2D eigenvalue weighted by Crippen LogP contribution is 2.28. The average Bonchev–Trinajstić information content (AvgIpc) is 3.69. The maximum atomic E-state index is 14.1. The van der Waals surface area contributed by atoms with E-state index in [0.717, 1.165) is 80.2 Å². The Morgan fingerprint density at radius 3 is 1.16 bits per heavy atom. The van der Waals surface area contributed by atoms with Crippen molar-refractivity contribution in [1.29, 1.82) is 0 Å². The fraction of sp³-hybridized carbons (Fsp3) is 0.603. The second kappa shape index (κ2) is 41.0. The molecular formula is C73H115F4N7O4. The van der Waals surface area contributed by atoms with Gasteiger partial charge in [-0.25, -0.2) is 22.5 Å². The molecule has 2 saturated heterocycles. The van der Waals surface area contributed by atoms with Gasteiger partial charge < -0.3 is 49.2 Å². The van der Waals surface area contributed by atoms with E-state index < -0.39 is 0 Å². The highest BCUT2D eigenvalue weighted by Gasteiger charge is 2.23. The van der Waals surface area contributed by atoms with Crippen molar-refractivity contribution in [3.05, 3.63) is 142 Å². The number of methoxy groups -OCH3 is 1. The SMILES string of the molecule is CC(C)c1ccc(NC2CCN(C(C)C)CC2)c(F)c1.CC(C)c1ccc(NC2CCN(C(C)C)CC2)nc1.CC(C)c1ccc(OCCN(C)C)c(F)c1.CCN(CC)CCOc1ccc(C(C)C)cc1F.COCCOc1ccc(C(C)C)cc1F. The molecule has 0 radical (unpaired) electrons. The number of anilines is 2. The summed E-state index contributed by atoms with van der Waals surface area (Å²) in [5, 5.41) is 6.94. The van der Waals surface area contributed by atoms with E-state index in [1.165, 1.54) is 37.6 Å². The van der Waals surface area contributed by atoms with Crippen molar-refractivity contribution >= 4 is 11.5 Å². The maximum Gasteiger partial charge on any atom is 0.165 e. The number of nitrogens with zero attached hydrogens (tertiary/aromatic N) is 5. The number of hydrogen-bond donors (Lipinski definition) is 2. The van der Waals surface area contributed by atoms with Crippen molar-refractivity contribution in [3.8, 4) is 17.2 Å². The van der Waals surface area contributed by atoms with Gasteiger partial charge in [0.2, 0.25) is 0 Å². The van der Waals surface area contributed by atoms with E-state index in [-0.39, 0.29) is 29.0 Å². The number of rotatable bonds is 25. The fourth-order valence-corrected chi connectivity index (χ4v) is 9.77. The zero-order valence-electron chi connectivity index (χ0n) is 57.6. The van der Waals surface area contributed by atoms with Gasteiger partial charge in [-0.3, -0.25) is 0 Å². The maximum absolute atomic E-state index is 14.1.